The number of nitrogens with zero attached hydrogens (tertiary/aromatic N) is 3. The SMILES string of the molecule is O=C1CCC(C(=O)NCCNc2cc(N3CCOCC3)cnn2)CC1. The molecule has 8 nitrogen and oxygen atoms in total. The zero-order chi connectivity index (χ0) is 17.5. The monoisotopic (exact) mass is 347 g/mol. The molecule has 2 N–H and O–H groups in total. The van der Waals surface area contributed by atoms with E-state index in [1.165, 1.54) is 0 Å². The Morgan fingerprint density at radius 1 is 1.24 bits per heavy atom. The van der Waals surface area contributed by atoms with Crippen molar-refractivity contribution in [2.24, 2.45) is 5.92 Å². The first-order chi connectivity index (χ1) is 12.2. The van der Waals surface area contributed by atoms with Crippen LogP contribution in [0.3, 0.4) is 0 Å². The van der Waals surface area contributed by atoms with Crippen LogP contribution in [0.2, 0.25) is 0 Å². The molecular formula is C17H25N5O3. The molecule has 1 amide bonds. The van der Waals surface area contributed by atoms with Gasteiger partial charge in [-0.25, -0.2) is 0 Å². The molecule has 0 unspecified atom stereocenters. The van der Waals surface area contributed by atoms with Crippen LogP contribution in [0.5, 0.6) is 0 Å². The number of aromatic nitrogens is 2. The van der Waals surface area contributed by atoms with Gasteiger partial charge in [0.15, 0.2) is 5.82 Å². The first kappa shape index (κ1) is 17.6. The second-order valence-corrected chi connectivity index (χ2v) is 6.43. The average molecular weight is 347 g/mol. The highest BCUT2D eigenvalue weighted by Gasteiger charge is 2.24. The number of Topliss-reactive ketones (excluding diaryl/α,β-unsaturated/α-hetero) is 1. The van der Waals surface area contributed by atoms with Gasteiger partial charge >= 0.3 is 0 Å². The molecule has 1 aliphatic heterocycles. The number of hydrogen-bond acceptors (Lipinski definition) is 7. The fourth-order valence-electron chi connectivity index (χ4n) is 3.16. The summed E-state index contributed by atoms with van der Waals surface area (Å²) in [4.78, 5) is 25.5. The number of rotatable bonds is 6. The fourth-order valence-corrected chi connectivity index (χ4v) is 3.16. The molecule has 2 fully saturated rings. The van der Waals surface area contributed by atoms with Crippen LogP contribution in [0.15, 0.2) is 12.3 Å². The summed E-state index contributed by atoms with van der Waals surface area (Å²) in [6.45, 7) is 4.26. The third-order valence-corrected chi connectivity index (χ3v) is 4.66. The van der Waals surface area contributed by atoms with Crippen LogP contribution >= 0.6 is 0 Å². The van der Waals surface area contributed by atoms with Gasteiger partial charge < -0.3 is 20.3 Å². The third-order valence-electron chi connectivity index (χ3n) is 4.66. The van der Waals surface area contributed by atoms with Crippen LogP contribution in [0.4, 0.5) is 11.5 Å². The molecule has 0 aromatic carbocycles. The Morgan fingerprint density at radius 2 is 2.00 bits per heavy atom. The fraction of sp³-hybridized carbons (Fsp3) is 0.647. The first-order valence-corrected chi connectivity index (χ1v) is 8.91. The molecule has 0 atom stereocenters. The predicted octanol–water partition coefficient (Wildman–Crippen LogP) is 0.601. The van der Waals surface area contributed by atoms with Crippen molar-refractivity contribution in [3.8, 4) is 0 Å². The molecule has 1 aromatic rings. The second-order valence-electron chi connectivity index (χ2n) is 6.43. The lowest BCUT2D eigenvalue weighted by atomic mass is 9.88. The molecule has 1 aliphatic carbocycles. The number of morpholine rings is 1. The Kier molecular flexibility index (Phi) is 6.16. The summed E-state index contributed by atoms with van der Waals surface area (Å²) in [6.07, 6.45) is 4.15. The molecule has 3 rings (SSSR count). The highest BCUT2D eigenvalue weighted by atomic mass is 16.5. The number of nitrogens with one attached hydrogen (secondary N) is 2. The van der Waals surface area contributed by atoms with Crippen molar-refractivity contribution < 1.29 is 14.3 Å². The van der Waals surface area contributed by atoms with Crippen molar-refractivity contribution in [3.63, 3.8) is 0 Å². The molecule has 8 heteroatoms. The average Bonchev–Trinajstić information content (AvgIpc) is 2.66. The van der Waals surface area contributed by atoms with Crippen molar-refractivity contribution >= 4 is 23.2 Å². The van der Waals surface area contributed by atoms with Crippen LogP contribution in [0.1, 0.15) is 25.7 Å². The van der Waals surface area contributed by atoms with Gasteiger partial charge in [0.05, 0.1) is 25.1 Å². The van der Waals surface area contributed by atoms with Gasteiger partial charge in [0.25, 0.3) is 0 Å². The Bertz CT molecular complexity index is 594. The summed E-state index contributed by atoms with van der Waals surface area (Å²) in [5, 5.41) is 14.2. The van der Waals surface area contributed by atoms with Crippen LogP contribution in [0, 0.1) is 5.92 Å². The lowest BCUT2D eigenvalue weighted by Crippen LogP contribution is -2.36. The summed E-state index contributed by atoms with van der Waals surface area (Å²) >= 11 is 0. The molecule has 1 saturated heterocycles. The van der Waals surface area contributed by atoms with E-state index in [0.29, 0.717) is 44.6 Å². The summed E-state index contributed by atoms with van der Waals surface area (Å²) in [7, 11) is 0. The largest absolute Gasteiger partial charge is 0.378 e. The minimum Gasteiger partial charge on any atom is -0.378 e. The van der Waals surface area contributed by atoms with Gasteiger partial charge in [-0.15, -0.1) is 5.10 Å². The van der Waals surface area contributed by atoms with E-state index in [1.54, 1.807) is 6.20 Å². The molecule has 25 heavy (non-hydrogen) atoms. The van der Waals surface area contributed by atoms with Crippen molar-refractivity contribution in [2.45, 2.75) is 25.7 Å². The molecule has 0 spiro atoms. The van der Waals surface area contributed by atoms with E-state index in [-0.39, 0.29) is 17.6 Å². The molecular weight excluding hydrogens is 322 g/mol. The number of anilines is 2. The molecule has 0 bridgehead atoms. The van der Waals surface area contributed by atoms with E-state index < -0.39 is 0 Å². The molecule has 136 valence electrons. The van der Waals surface area contributed by atoms with Crippen molar-refractivity contribution in [1.82, 2.24) is 15.5 Å². The molecule has 2 heterocycles. The highest BCUT2D eigenvalue weighted by Crippen LogP contribution is 2.21. The molecule has 0 radical (unpaired) electrons. The number of hydrogen-bond donors (Lipinski definition) is 2. The summed E-state index contributed by atoms with van der Waals surface area (Å²) in [5.41, 5.74) is 1.02. The summed E-state index contributed by atoms with van der Waals surface area (Å²) < 4.78 is 5.36. The standard InChI is InChI=1S/C17H25N5O3/c23-15-3-1-13(2-4-15)17(24)19-6-5-18-16-11-14(12-20-21-16)22-7-9-25-10-8-22/h11-13H,1-10H2,(H,18,21)(H,19,24). The minimum absolute atomic E-state index is 0.0258. The van der Waals surface area contributed by atoms with Crippen LogP contribution in [-0.2, 0) is 14.3 Å². The van der Waals surface area contributed by atoms with Gasteiger partial charge in [0.2, 0.25) is 5.91 Å². The van der Waals surface area contributed by atoms with E-state index in [4.69, 9.17) is 4.74 Å². The first-order valence-electron chi connectivity index (χ1n) is 8.91. The van der Waals surface area contributed by atoms with Crippen LogP contribution in [-0.4, -0.2) is 61.3 Å². The maximum absolute atomic E-state index is 12.1. The van der Waals surface area contributed by atoms with E-state index in [0.717, 1.165) is 32.0 Å². The number of carbonyl (C=O) groups excluding carboxylic acids is 2. The van der Waals surface area contributed by atoms with Crippen molar-refractivity contribution in [1.29, 1.82) is 0 Å². The van der Waals surface area contributed by atoms with Gasteiger partial charge in [-0.3, -0.25) is 9.59 Å². The smallest absolute Gasteiger partial charge is 0.223 e. The Morgan fingerprint density at radius 3 is 2.76 bits per heavy atom. The lowest BCUT2D eigenvalue weighted by molar-refractivity contribution is -0.128. The number of amides is 1. The number of carbonyl (C=O) groups is 2. The Balaban J connectivity index is 1.40. The highest BCUT2D eigenvalue weighted by molar-refractivity contribution is 5.84. The topological polar surface area (TPSA) is 96.5 Å². The molecule has 2 aliphatic rings. The van der Waals surface area contributed by atoms with Gasteiger partial charge in [-0.2, -0.15) is 5.10 Å². The summed E-state index contributed by atoms with van der Waals surface area (Å²) in [6, 6.07) is 1.97. The van der Waals surface area contributed by atoms with E-state index in [1.807, 2.05) is 6.07 Å². The van der Waals surface area contributed by atoms with Gasteiger partial charge in [0, 0.05) is 51.0 Å². The minimum atomic E-state index is -0.0258. The third kappa shape index (κ3) is 5.12. The zero-order valence-electron chi connectivity index (χ0n) is 14.4. The molecule has 1 saturated carbocycles. The maximum atomic E-state index is 12.1. The van der Waals surface area contributed by atoms with Crippen molar-refractivity contribution in [3.05, 3.63) is 12.3 Å². The van der Waals surface area contributed by atoms with E-state index >= 15 is 0 Å². The predicted molar refractivity (Wildman–Crippen MR) is 93.5 cm³/mol. The lowest BCUT2D eigenvalue weighted by Gasteiger charge is -2.28. The van der Waals surface area contributed by atoms with Crippen LogP contribution < -0.4 is 15.5 Å². The van der Waals surface area contributed by atoms with Crippen LogP contribution in [0.25, 0.3) is 0 Å². The van der Waals surface area contributed by atoms with Crippen molar-refractivity contribution in [2.75, 3.05) is 49.6 Å². The quantitative estimate of drug-likeness (QED) is 0.728. The number of ketones is 1. The Labute approximate surface area is 147 Å². The van der Waals surface area contributed by atoms with Gasteiger partial charge in [-0.1, -0.05) is 0 Å². The summed E-state index contributed by atoms with van der Waals surface area (Å²) in [5.74, 6) is 0.982. The van der Waals surface area contributed by atoms with E-state index in [9.17, 15) is 9.59 Å². The number of ether oxygens (including phenoxy) is 1. The zero-order valence-corrected chi connectivity index (χ0v) is 14.4. The Hall–Kier alpha value is -2.22. The second kappa shape index (κ2) is 8.75. The van der Waals surface area contributed by atoms with Gasteiger partial charge in [0.1, 0.15) is 5.78 Å². The maximum Gasteiger partial charge on any atom is 0.223 e. The molecule has 1 aromatic heterocycles. The van der Waals surface area contributed by atoms with Gasteiger partial charge in [-0.05, 0) is 12.8 Å². The van der Waals surface area contributed by atoms with E-state index in [2.05, 4.69) is 25.7 Å². The normalized spacial score (nSPS) is 18.9.